The van der Waals surface area contributed by atoms with Gasteiger partial charge in [-0.2, -0.15) is 11.8 Å². The highest BCUT2D eigenvalue weighted by molar-refractivity contribution is 7.99. The quantitative estimate of drug-likeness (QED) is 0.809. The van der Waals surface area contributed by atoms with Crippen LogP contribution in [0.5, 0.6) is 0 Å². The van der Waals surface area contributed by atoms with Crippen molar-refractivity contribution < 1.29 is 4.74 Å². The molecule has 0 aliphatic carbocycles. The third-order valence-corrected chi connectivity index (χ3v) is 4.83. The zero-order valence-electron chi connectivity index (χ0n) is 10.2. The van der Waals surface area contributed by atoms with Gasteiger partial charge in [-0.1, -0.05) is 0 Å². The highest BCUT2D eigenvalue weighted by Crippen LogP contribution is 2.22. The second kappa shape index (κ2) is 6.24. The van der Waals surface area contributed by atoms with Crippen LogP contribution in [0.2, 0.25) is 0 Å². The van der Waals surface area contributed by atoms with E-state index >= 15 is 0 Å². The highest BCUT2D eigenvalue weighted by Gasteiger charge is 2.26. The minimum Gasteiger partial charge on any atom is -0.378 e. The van der Waals surface area contributed by atoms with Crippen molar-refractivity contribution in [1.82, 2.24) is 4.90 Å². The fourth-order valence-electron chi connectivity index (χ4n) is 2.60. The van der Waals surface area contributed by atoms with Gasteiger partial charge in [0.05, 0.1) is 6.10 Å². The van der Waals surface area contributed by atoms with Crippen molar-refractivity contribution >= 4 is 11.8 Å². The summed E-state index contributed by atoms with van der Waals surface area (Å²) in [5.41, 5.74) is 6.31. The summed E-state index contributed by atoms with van der Waals surface area (Å²) in [6.07, 6.45) is 5.23. The molecule has 4 heteroatoms. The largest absolute Gasteiger partial charge is 0.378 e. The Kier molecular flexibility index (Phi) is 4.95. The molecule has 2 rings (SSSR count). The van der Waals surface area contributed by atoms with Crippen LogP contribution in [0.15, 0.2) is 0 Å². The van der Waals surface area contributed by atoms with Gasteiger partial charge in [0.15, 0.2) is 0 Å². The molecule has 0 amide bonds. The SMILES string of the molecule is CN1CCSCC1C(N)CCC1CCCO1. The molecule has 16 heavy (non-hydrogen) atoms. The van der Waals surface area contributed by atoms with Gasteiger partial charge in [-0.3, -0.25) is 0 Å². The molecule has 0 bridgehead atoms. The van der Waals surface area contributed by atoms with Gasteiger partial charge in [-0.25, -0.2) is 0 Å². The zero-order chi connectivity index (χ0) is 11.4. The normalized spacial score (nSPS) is 34.1. The molecule has 0 aromatic heterocycles. The van der Waals surface area contributed by atoms with Crippen LogP contribution in [-0.2, 0) is 4.74 Å². The third-order valence-electron chi connectivity index (χ3n) is 3.78. The van der Waals surface area contributed by atoms with Gasteiger partial charge in [0.2, 0.25) is 0 Å². The molecule has 2 aliphatic heterocycles. The molecule has 2 saturated heterocycles. The van der Waals surface area contributed by atoms with E-state index in [1.165, 1.54) is 30.9 Å². The molecule has 0 radical (unpaired) electrons. The van der Waals surface area contributed by atoms with Crippen LogP contribution in [0, 0.1) is 0 Å². The summed E-state index contributed by atoms with van der Waals surface area (Å²) in [5, 5.41) is 0. The van der Waals surface area contributed by atoms with Crippen LogP contribution in [0.3, 0.4) is 0 Å². The lowest BCUT2D eigenvalue weighted by atomic mass is 10.0. The van der Waals surface area contributed by atoms with Gasteiger partial charge in [0.1, 0.15) is 0 Å². The number of nitrogens with zero attached hydrogens (tertiary/aromatic N) is 1. The monoisotopic (exact) mass is 244 g/mol. The molecule has 94 valence electrons. The summed E-state index contributed by atoms with van der Waals surface area (Å²) in [6.45, 7) is 2.14. The van der Waals surface area contributed by atoms with Crippen molar-refractivity contribution in [3.05, 3.63) is 0 Å². The average molecular weight is 244 g/mol. The predicted molar refractivity (Wildman–Crippen MR) is 69.9 cm³/mol. The molecular weight excluding hydrogens is 220 g/mol. The van der Waals surface area contributed by atoms with E-state index in [2.05, 4.69) is 11.9 Å². The van der Waals surface area contributed by atoms with Crippen molar-refractivity contribution in [3.63, 3.8) is 0 Å². The van der Waals surface area contributed by atoms with E-state index in [9.17, 15) is 0 Å². The lowest BCUT2D eigenvalue weighted by Gasteiger charge is -2.36. The standard InChI is InChI=1S/C12H24N2OS/c1-14-6-8-16-9-12(14)11(13)5-4-10-3-2-7-15-10/h10-12H,2-9,13H2,1H3. The van der Waals surface area contributed by atoms with Crippen LogP contribution >= 0.6 is 11.8 Å². The van der Waals surface area contributed by atoms with Gasteiger partial charge in [0, 0.05) is 36.7 Å². The Labute approximate surface area is 103 Å². The number of thioether (sulfide) groups is 1. The van der Waals surface area contributed by atoms with Crippen molar-refractivity contribution in [2.75, 3.05) is 31.7 Å². The first-order valence-corrected chi connectivity index (χ1v) is 7.58. The van der Waals surface area contributed by atoms with E-state index in [4.69, 9.17) is 10.5 Å². The van der Waals surface area contributed by atoms with E-state index in [0.29, 0.717) is 18.2 Å². The molecule has 2 aliphatic rings. The topological polar surface area (TPSA) is 38.5 Å². The van der Waals surface area contributed by atoms with Crippen molar-refractivity contribution in [1.29, 1.82) is 0 Å². The lowest BCUT2D eigenvalue weighted by Crippen LogP contribution is -2.50. The Hall–Kier alpha value is 0.230. The third kappa shape index (κ3) is 3.36. The first-order chi connectivity index (χ1) is 7.77. The molecule has 0 saturated carbocycles. The maximum absolute atomic E-state index is 6.31. The number of ether oxygens (including phenoxy) is 1. The molecule has 0 aromatic carbocycles. The van der Waals surface area contributed by atoms with Gasteiger partial charge >= 0.3 is 0 Å². The minimum atomic E-state index is 0.321. The van der Waals surface area contributed by atoms with E-state index < -0.39 is 0 Å². The molecular formula is C12H24N2OS. The summed E-state index contributed by atoms with van der Waals surface area (Å²) in [5.74, 6) is 2.45. The van der Waals surface area contributed by atoms with Gasteiger partial charge in [-0.05, 0) is 32.7 Å². The zero-order valence-corrected chi connectivity index (χ0v) is 11.0. The Bertz CT molecular complexity index is 209. The molecule has 2 heterocycles. The van der Waals surface area contributed by atoms with E-state index in [0.717, 1.165) is 19.4 Å². The molecule has 3 nitrogen and oxygen atoms in total. The summed E-state index contributed by atoms with van der Waals surface area (Å²) < 4.78 is 5.64. The maximum atomic E-state index is 6.31. The predicted octanol–water partition coefficient (Wildman–Crippen LogP) is 1.32. The molecule has 2 fully saturated rings. The number of nitrogens with two attached hydrogens (primary N) is 1. The molecule has 3 atom stereocenters. The van der Waals surface area contributed by atoms with E-state index in [1.54, 1.807) is 0 Å². The van der Waals surface area contributed by atoms with Gasteiger partial charge < -0.3 is 15.4 Å². The Morgan fingerprint density at radius 2 is 2.44 bits per heavy atom. The summed E-state index contributed by atoms with van der Waals surface area (Å²) in [7, 11) is 2.20. The van der Waals surface area contributed by atoms with E-state index in [-0.39, 0.29) is 0 Å². The Morgan fingerprint density at radius 3 is 3.12 bits per heavy atom. The van der Waals surface area contributed by atoms with Crippen LogP contribution in [0.1, 0.15) is 25.7 Å². The number of rotatable bonds is 4. The first-order valence-electron chi connectivity index (χ1n) is 6.42. The van der Waals surface area contributed by atoms with Crippen molar-refractivity contribution in [2.45, 2.75) is 43.9 Å². The summed E-state index contributed by atoms with van der Waals surface area (Å²) >= 11 is 2.04. The fourth-order valence-corrected chi connectivity index (χ4v) is 3.93. The average Bonchev–Trinajstić information content (AvgIpc) is 2.79. The Morgan fingerprint density at radius 1 is 1.56 bits per heavy atom. The van der Waals surface area contributed by atoms with Crippen LogP contribution in [0.4, 0.5) is 0 Å². The highest BCUT2D eigenvalue weighted by atomic mass is 32.2. The second-order valence-corrected chi connectivity index (χ2v) is 6.15. The molecule has 0 spiro atoms. The molecule has 0 aromatic rings. The summed E-state index contributed by atoms with van der Waals surface area (Å²) in [6, 6.07) is 0.891. The number of likely N-dealkylation sites (N-methyl/N-ethyl adjacent to an activating group) is 1. The second-order valence-electron chi connectivity index (χ2n) is 5.00. The summed E-state index contributed by atoms with van der Waals surface area (Å²) in [4.78, 5) is 2.43. The number of hydrogen-bond donors (Lipinski definition) is 1. The van der Waals surface area contributed by atoms with Gasteiger partial charge in [0.25, 0.3) is 0 Å². The smallest absolute Gasteiger partial charge is 0.0576 e. The molecule has 2 N–H and O–H groups in total. The first kappa shape index (κ1) is 12.7. The number of hydrogen-bond acceptors (Lipinski definition) is 4. The fraction of sp³-hybridized carbons (Fsp3) is 1.00. The van der Waals surface area contributed by atoms with Crippen LogP contribution < -0.4 is 5.73 Å². The van der Waals surface area contributed by atoms with E-state index in [1.807, 2.05) is 11.8 Å². The van der Waals surface area contributed by atoms with Crippen LogP contribution in [0.25, 0.3) is 0 Å². The minimum absolute atomic E-state index is 0.321. The van der Waals surface area contributed by atoms with Gasteiger partial charge in [-0.15, -0.1) is 0 Å². The lowest BCUT2D eigenvalue weighted by molar-refractivity contribution is 0.0971. The van der Waals surface area contributed by atoms with Crippen molar-refractivity contribution in [3.8, 4) is 0 Å². The maximum Gasteiger partial charge on any atom is 0.0576 e. The Balaban J connectivity index is 1.71. The molecule has 3 unspecified atom stereocenters. The van der Waals surface area contributed by atoms with Crippen LogP contribution in [-0.4, -0.2) is 54.8 Å². The van der Waals surface area contributed by atoms with Crippen molar-refractivity contribution in [2.24, 2.45) is 5.73 Å².